The molecule has 1 aromatic heterocycles. The van der Waals surface area contributed by atoms with Crippen LogP contribution in [-0.4, -0.2) is 26.9 Å². The number of nitro groups is 1. The lowest BCUT2D eigenvalue weighted by Crippen LogP contribution is -2.40. The molecule has 0 unspecified atom stereocenters. The molecule has 2 aliphatic rings. The number of nitro benzene ring substituents is 1. The summed E-state index contributed by atoms with van der Waals surface area (Å²) in [7, 11) is 0. The summed E-state index contributed by atoms with van der Waals surface area (Å²) >= 11 is 1.38. The predicted molar refractivity (Wildman–Crippen MR) is 148 cm³/mol. The standard InChI is InChI=1S/C29H29N3O4S/c1-3-20-10-7-8-14-24(20)30-29-31(21-11-5-4-6-12-21)28(33)27(37-29)18-22-16-17-26(36-22)23-13-9-15-25(19(23)2)32(34)35/h7-10,13-18,21H,3-6,11-12H2,1-2H3/b27-18+,30-29?. The topological polar surface area (TPSA) is 89.0 Å². The third-order valence-electron chi connectivity index (χ3n) is 7.03. The first-order chi connectivity index (χ1) is 18.0. The molecule has 2 fully saturated rings. The van der Waals surface area contributed by atoms with Crippen LogP contribution in [0.25, 0.3) is 17.4 Å². The van der Waals surface area contributed by atoms with Crippen molar-refractivity contribution in [1.82, 2.24) is 4.90 Å². The fraction of sp³-hybridized carbons (Fsp3) is 0.310. The second-order valence-electron chi connectivity index (χ2n) is 9.36. The van der Waals surface area contributed by atoms with Gasteiger partial charge in [-0.05, 0) is 61.7 Å². The van der Waals surface area contributed by atoms with E-state index in [-0.39, 0.29) is 17.6 Å². The number of carbonyl (C=O) groups excluding carboxylic acids is 1. The van der Waals surface area contributed by atoms with Gasteiger partial charge in [0.15, 0.2) is 5.17 Å². The number of furan rings is 1. The Morgan fingerprint density at radius 3 is 2.65 bits per heavy atom. The Labute approximate surface area is 220 Å². The fourth-order valence-corrected chi connectivity index (χ4v) is 6.07. The number of para-hydroxylation sites is 1. The smallest absolute Gasteiger partial charge is 0.273 e. The number of hydrogen-bond acceptors (Lipinski definition) is 6. The molecule has 2 aromatic carbocycles. The number of aliphatic imine (C=N–C) groups is 1. The molecule has 0 radical (unpaired) electrons. The van der Waals surface area contributed by atoms with Crippen LogP contribution in [0.15, 0.2) is 68.9 Å². The van der Waals surface area contributed by atoms with E-state index in [0.717, 1.165) is 43.4 Å². The molecule has 1 saturated heterocycles. The highest BCUT2D eigenvalue weighted by Gasteiger charge is 2.39. The third-order valence-corrected chi connectivity index (χ3v) is 8.02. The monoisotopic (exact) mass is 515 g/mol. The van der Waals surface area contributed by atoms with Gasteiger partial charge in [-0.1, -0.05) is 56.5 Å². The van der Waals surface area contributed by atoms with Gasteiger partial charge in [0.1, 0.15) is 11.5 Å². The van der Waals surface area contributed by atoms with Crippen LogP contribution < -0.4 is 0 Å². The number of aryl methyl sites for hydroxylation is 1. The minimum Gasteiger partial charge on any atom is -0.457 e. The molecule has 0 bridgehead atoms. The second kappa shape index (κ2) is 10.8. The molecule has 37 heavy (non-hydrogen) atoms. The molecule has 5 rings (SSSR count). The van der Waals surface area contributed by atoms with Crippen LogP contribution in [0.5, 0.6) is 0 Å². The van der Waals surface area contributed by atoms with Gasteiger partial charge in [-0.2, -0.15) is 0 Å². The number of carbonyl (C=O) groups is 1. The molecule has 1 aliphatic heterocycles. The second-order valence-corrected chi connectivity index (χ2v) is 10.4. The number of amides is 1. The molecule has 0 N–H and O–H groups in total. The van der Waals surface area contributed by atoms with E-state index in [1.807, 2.05) is 23.1 Å². The molecular weight excluding hydrogens is 486 g/mol. The summed E-state index contributed by atoms with van der Waals surface area (Å²) in [5, 5.41) is 12.1. The molecule has 2 heterocycles. The highest BCUT2D eigenvalue weighted by molar-refractivity contribution is 8.18. The molecule has 3 aromatic rings. The van der Waals surface area contributed by atoms with Crippen molar-refractivity contribution in [1.29, 1.82) is 0 Å². The first-order valence-corrected chi connectivity index (χ1v) is 13.5. The summed E-state index contributed by atoms with van der Waals surface area (Å²) in [6.45, 7) is 3.82. The summed E-state index contributed by atoms with van der Waals surface area (Å²) in [6.07, 6.45) is 8.00. The Kier molecular flexibility index (Phi) is 7.28. The number of benzene rings is 2. The van der Waals surface area contributed by atoms with Gasteiger partial charge in [-0.25, -0.2) is 4.99 Å². The van der Waals surface area contributed by atoms with Crippen LogP contribution >= 0.6 is 11.8 Å². The van der Waals surface area contributed by atoms with E-state index in [2.05, 4.69) is 13.0 Å². The Bertz CT molecular complexity index is 1400. The molecule has 7 nitrogen and oxygen atoms in total. The number of hydrogen-bond donors (Lipinski definition) is 0. The van der Waals surface area contributed by atoms with Crippen molar-refractivity contribution in [3.05, 3.63) is 86.5 Å². The molecule has 1 saturated carbocycles. The van der Waals surface area contributed by atoms with E-state index in [9.17, 15) is 14.9 Å². The van der Waals surface area contributed by atoms with Crippen LogP contribution in [0.2, 0.25) is 0 Å². The van der Waals surface area contributed by atoms with Crippen LogP contribution in [0.1, 0.15) is 55.9 Å². The van der Waals surface area contributed by atoms with E-state index in [1.54, 1.807) is 37.3 Å². The summed E-state index contributed by atoms with van der Waals surface area (Å²) in [6, 6.07) is 16.7. The van der Waals surface area contributed by atoms with Gasteiger partial charge in [0.05, 0.1) is 15.5 Å². The van der Waals surface area contributed by atoms with Crippen molar-refractivity contribution in [3.63, 3.8) is 0 Å². The van der Waals surface area contributed by atoms with Crippen molar-refractivity contribution in [2.75, 3.05) is 0 Å². The Hall–Kier alpha value is -3.65. The van der Waals surface area contributed by atoms with Gasteiger partial charge in [0.2, 0.25) is 0 Å². The fourth-order valence-electron chi connectivity index (χ4n) is 5.04. The maximum atomic E-state index is 13.7. The van der Waals surface area contributed by atoms with Crippen LogP contribution in [0, 0.1) is 17.0 Å². The highest BCUT2D eigenvalue weighted by atomic mass is 32.2. The maximum Gasteiger partial charge on any atom is 0.273 e. The van der Waals surface area contributed by atoms with Gasteiger partial charge in [-0.3, -0.25) is 19.8 Å². The van der Waals surface area contributed by atoms with E-state index in [4.69, 9.17) is 9.41 Å². The summed E-state index contributed by atoms with van der Waals surface area (Å²) < 4.78 is 6.04. The number of thioether (sulfide) groups is 1. The quantitative estimate of drug-likeness (QED) is 0.191. The number of rotatable bonds is 6. The van der Waals surface area contributed by atoms with E-state index in [0.29, 0.717) is 32.7 Å². The molecule has 8 heteroatoms. The van der Waals surface area contributed by atoms with E-state index >= 15 is 0 Å². The zero-order valence-electron chi connectivity index (χ0n) is 21.0. The SMILES string of the molecule is CCc1ccccc1N=C1S/C(=C/c2ccc(-c3cccc([N+](=O)[O-])c3C)o2)C(=O)N1C1CCCCC1. The molecular formula is C29H29N3O4S. The van der Waals surface area contributed by atoms with Gasteiger partial charge in [0, 0.05) is 29.3 Å². The van der Waals surface area contributed by atoms with Crippen LogP contribution in [-0.2, 0) is 11.2 Å². The predicted octanol–water partition coefficient (Wildman–Crippen LogP) is 7.66. The van der Waals surface area contributed by atoms with Gasteiger partial charge in [-0.15, -0.1) is 0 Å². The maximum absolute atomic E-state index is 13.7. The molecule has 1 amide bonds. The minimum atomic E-state index is -0.393. The van der Waals surface area contributed by atoms with Crippen molar-refractivity contribution in [3.8, 4) is 11.3 Å². The van der Waals surface area contributed by atoms with Gasteiger partial charge in [0.25, 0.3) is 11.6 Å². The minimum absolute atomic E-state index is 0.0471. The number of nitrogens with zero attached hydrogens (tertiary/aromatic N) is 3. The molecule has 190 valence electrons. The largest absolute Gasteiger partial charge is 0.457 e. The van der Waals surface area contributed by atoms with Crippen LogP contribution in [0.3, 0.4) is 0 Å². The first-order valence-electron chi connectivity index (χ1n) is 12.7. The average Bonchev–Trinajstić information content (AvgIpc) is 3.49. The Balaban J connectivity index is 1.49. The lowest BCUT2D eigenvalue weighted by atomic mass is 9.94. The first kappa shape index (κ1) is 25.0. The van der Waals surface area contributed by atoms with E-state index < -0.39 is 4.92 Å². The Morgan fingerprint density at radius 1 is 1.11 bits per heavy atom. The molecule has 1 aliphatic carbocycles. The Morgan fingerprint density at radius 2 is 1.89 bits per heavy atom. The lowest BCUT2D eigenvalue weighted by molar-refractivity contribution is -0.385. The van der Waals surface area contributed by atoms with E-state index in [1.165, 1.54) is 24.2 Å². The summed E-state index contributed by atoms with van der Waals surface area (Å²) in [5.74, 6) is 1.00. The van der Waals surface area contributed by atoms with Crippen molar-refractivity contribution >= 4 is 40.3 Å². The normalized spacial score (nSPS) is 18.8. The summed E-state index contributed by atoms with van der Waals surface area (Å²) in [5.41, 5.74) is 3.29. The zero-order chi connectivity index (χ0) is 25.9. The summed E-state index contributed by atoms with van der Waals surface area (Å²) in [4.78, 5) is 32.0. The van der Waals surface area contributed by atoms with Crippen molar-refractivity contribution < 1.29 is 14.1 Å². The highest BCUT2D eigenvalue weighted by Crippen LogP contribution is 2.40. The zero-order valence-corrected chi connectivity index (χ0v) is 21.8. The van der Waals surface area contributed by atoms with Gasteiger partial charge >= 0.3 is 0 Å². The van der Waals surface area contributed by atoms with Crippen molar-refractivity contribution in [2.45, 2.75) is 58.4 Å². The van der Waals surface area contributed by atoms with Crippen molar-refractivity contribution in [2.24, 2.45) is 4.99 Å². The molecule has 0 spiro atoms. The van der Waals surface area contributed by atoms with Gasteiger partial charge < -0.3 is 4.42 Å². The average molecular weight is 516 g/mol. The molecule has 0 atom stereocenters. The number of amidine groups is 1. The third kappa shape index (κ3) is 5.11. The van der Waals surface area contributed by atoms with Crippen LogP contribution in [0.4, 0.5) is 11.4 Å². The lowest BCUT2D eigenvalue weighted by Gasteiger charge is -2.30.